The minimum atomic E-state index is -3.49. The average Bonchev–Trinajstić information content (AvgIpc) is 2.54. The quantitative estimate of drug-likeness (QED) is 0.803. The number of carbonyl (C=O) groups excluding carboxylic acids is 1. The van der Waals surface area contributed by atoms with Gasteiger partial charge in [-0.1, -0.05) is 26.0 Å². The fourth-order valence-corrected chi connectivity index (χ4v) is 2.91. The van der Waals surface area contributed by atoms with E-state index in [1.54, 1.807) is 45.0 Å². The van der Waals surface area contributed by atoms with Crippen LogP contribution in [0.5, 0.6) is 0 Å². The molecule has 140 valence electrons. The summed E-state index contributed by atoms with van der Waals surface area (Å²) in [5.41, 5.74) is 2.81. The van der Waals surface area contributed by atoms with Gasteiger partial charge >= 0.3 is 0 Å². The maximum atomic E-state index is 12.3. The van der Waals surface area contributed by atoms with Crippen molar-refractivity contribution in [3.63, 3.8) is 0 Å². The van der Waals surface area contributed by atoms with Gasteiger partial charge in [0.1, 0.15) is 0 Å². The summed E-state index contributed by atoms with van der Waals surface area (Å²) < 4.78 is 26.0. The van der Waals surface area contributed by atoms with Gasteiger partial charge in [0.05, 0.1) is 4.75 Å². The first-order valence-corrected chi connectivity index (χ1v) is 10.0. The maximum absolute atomic E-state index is 12.3. The van der Waals surface area contributed by atoms with Crippen molar-refractivity contribution >= 4 is 27.3 Å². The molecule has 0 radical (unpaired) electrons. The molecule has 2 aromatic rings. The molecule has 0 fully saturated rings. The topological polar surface area (TPSA) is 75.3 Å². The third-order valence-electron chi connectivity index (χ3n) is 4.04. The van der Waals surface area contributed by atoms with E-state index in [4.69, 9.17) is 0 Å². The third kappa shape index (κ3) is 4.85. The molecule has 2 rings (SSSR count). The molecule has 5 nitrogen and oxygen atoms in total. The van der Waals surface area contributed by atoms with E-state index in [-0.39, 0.29) is 5.91 Å². The van der Waals surface area contributed by atoms with Crippen LogP contribution in [0, 0.1) is 0 Å². The fraction of sp³-hybridized carbons (Fsp3) is 0.350. The molecule has 0 spiro atoms. The molecular formula is C20H26N2O3S. The number of benzene rings is 2. The summed E-state index contributed by atoms with van der Waals surface area (Å²) in [5, 5.41) is 2.84. The lowest BCUT2D eigenvalue weighted by Crippen LogP contribution is -2.33. The summed E-state index contributed by atoms with van der Waals surface area (Å²) in [6, 6.07) is 14.1. The molecule has 1 amide bonds. The monoisotopic (exact) mass is 374 g/mol. The molecule has 0 atom stereocenters. The Morgan fingerprint density at radius 1 is 0.885 bits per heavy atom. The maximum Gasteiger partial charge on any atom is 0.255 e. The molecule has 0 saturated heterocycles. The summed E-state index contributed by atoms with van der Waals surface area (Å²) in [6.07, 6.45) is 0. The smallest absolute Gasteiger partial charge is 0.255 e. The lowest BCUT2D eigenvalue weighted by atomic mass is 10.0. The highest BCUT2D eigenvalue weighted by Gasteiger charge is 2.28. The van der Waals surface area contributed by atoms with Gasteiger partial charge in [0.2, 0.25) is 10.0 Å². The molecule has 0 heterocycles. The van der Waals surface area contributed by atoms with Crippen molar-refractivity contribution in [1.29, 1.82) is 0 Å². The van der Waals surface area contributed by atoms with Crippen molar-refractivity contribution < 1.29 is 13.2 Å². The number of hydrogen-bond donors (Lipinski definition) is 2. The van der Waals surface area contributed by atoms with Crippen molar-refractivity contribution in [2.45, 2.75) is 45.3 Å². The van der Waals surface area contributed by atoms with E-state index in [0.717, 1.165) is 5.69 Å². The lowest BCUT2D eigenvalue weighted by molar-refractivity contribution is 0.102. The Morgan fingerprint density at radius 3 is 1.85 bits per heavy atom. The highest BCUT2D eigenvalue weighted by Crippen LogP contribution is 2.21. The molecule has 0 saturated carbocycles. The van der Waals surface area contributed by atoms with Crippen LogP contribution in [0.25, 0.3) is 0 Å². The van der Waals surface area contributed by atoms with Crippen LogP contribution in [-0.4, -0.2) is 19.1 Å². The molecule has 6 heteroatoms. The number of hydrogen-bond acceptors (Lipinski definition) is 3. The first-order chi connectivity index (χ1) is 12.0. The molecule has 0 bridgehead atoms. The first-order valence-electron chi connectivity index (χ1n) is 8.53. The van der Waals surface area contributed by atoms with Gasteiger partial charge in [-0.15, -0.1) is 0 Å². The summed E-state index contributed by atoms with van der Waals surface area (Å²) in [6.45, 7) is 9.11. The van der Waals surface area contributed by atoms with Crippen LogP contribution in [0.15, 0.2) is 48.5 Å². The Labute approximate surface area is 155 Å². The Bertz CT molecular complexity index is 863. The van der Waals surface area contributed by atoms with Crippen molar-refractivity contribution in [2.75, 3.05) is 10.0 Å². The van der Waals surface area contributed by atoms with Crippen molar-refractivity contribution in [2.24, 2.45) is 0 Å². The highest BCUT2D eigenvalue weighted by atomic mass is 32.2. The lowest BCUT2D eigenvalue weighted by Gasteiger charge is -2.20. The predicted octanol–water partition coefficient (Wildman–Crippen LogP) is 4.60. The van der Waals surface area contributed by atoms with Crippen LogP contribution in [0.4, 0.5) is 11.4 Å². The normalized spacial score (nSPS) is 12.1. The number of carbonyl (C=O) groups is 1. The van der Waals surface area contributed by atoms with Crippen LogP contribution in [0.1, 0.15) is 56.5 Å². The Hall–Kier alpha value is -2.34. The average molecular weight is 375 g/mol. The molecular weight excluding hydrogens is 348 g/mol. The third-order valence-corrected chi connectivity index (χ3v) is 6.16. The summed E-state index contributed by atoms with van der Waals surface area (Å²) in [7, 11) is -3.49. The van der Waals surface area contributed by atoms with E-state index in [9.17, 15) is 13.2 Å². The second-order valence-electron chi connectivity index (χ2n) is 7.53. The van der Waals surface area contributed by atoms with Gasteiger partial charge < -0.3 is 5.32 Å². The number of sulfonamides is 1. The van der Waals surface area contributed by atoms with Crippen LogP contribution >= 0.6 is 0 Å². The Morgan fingerprint density at radius 2 is 1.38 bits per heavy atom. The Balaban J connectivity index is 2.07. The molecule has 2 N–H and O–H groups in total. The SMILES string of the molecule is CC(C)c1ccc(NC(=O)c2ccc(NS(=O)(=O)C(C)(C)C)cc2)cc1. The summed E-state index contributed by atoms with van der Waals surface area (Å²) >= 11 is 0. The number of anilines is 2. The van der Waals surface area contributed by atoms with Crippen molar-refractivity contribution in [3.8, 4) is 0 Å². The zero-order valence-electron chi connectivity index (χ0n) is 15.8. The van der Waals surface area contributed by atoms with Gasteiger partial charge in [-0.3, -0.25) is 9.52 Å². The minimum absolute atomic E-state index is 0.243. The molecule has 2 aromatic carbocycles. The summed E-state index contributed by atoms with van der Waals surface area (Å²) in [4.78, 5) is 12.3. The molecule has 0 unspecified atom stereocenters. The van der Waals surface area contributed by atoms with Crippen LogP contribution in [-0.2, 0) is 10.0 Å². The second-order valence-corrected chi connectivity index (χ2v) is 9.96. The van der Waals surface area contributed by atoms with Crippen molar-refractivity contribution in [3.05, 3.63) is 59.7 Å². The first kappa shape index (κ1) is 20.0. The highest BCUT2D eigenvalue weighted by molar-refractivity contribution is 7.94. The van der Waals surface area contributed by atoms with E-state index in [1.807, 2.05) is 24.3 Å². The van der Waals surface area contributed by atoms with E-state index in [2.05, 4.69) is 23.9 Å². The number of rotatable bonds is 5. The van der Waals surface area contributed by atoms with Gasteiger partial charge in [-0.05, 0) is 68.7 Å². The van der Waals surface area contributed by atoms with E-state index < -0.39 is 14.8 Å². The molecule has 0 aliphatic heterocycles. The zero-order chi connectivity index (χ0) is 19.5. The zero-order valence-corrected chi connectivity index (χ0v) is 16.6. The Kier molecular flexibility index (Phi) is 5.76. The van der Waals surface area contributed by atoms with E-state index in [1.165, 1.54) is 5.56 Å². The second kappa shape index (κ2) is 7.50. The minimum Gasteiger partial charge on any atom is -0.322 e. The molecule has 0 aliphatic rings. The molecule has 26 heavy (non-hydrogen) atoms. The van der Waals surface area contributed by atoms with Gasteiger partial charge in [0.15, 0.2) is 0 Å². The fourth-order valence-electron chi connectivity index (χ4n) is 2.15. The van der Waals surface area contributed by atoms with Gasteiger partial charge in [-0.2, -0.15) is 0 Å². The van der Waals surface area contributed by atoms with E-state index >= 15 is 0 Å². The predicted molar refractivity (Wildman–Crippen MR) is 107 cm³/mol. The van der Waals surface area contributed by atoms with Gasteiger partial charge in [-0.25, -0.2) is 8.42 Å². The molecule has 0 aliphatic carbocycles. The van der Waals surface area contributed by atoms with E-state index in [0.29, 0.717) is 17.2 Å². The molecule has 0 aromatic heterocycles. The van der Waals surface area contributed by atoms with Gasteiger partial charge in [0, 0.05) is 16.9 Å². The summed E-state index contributed by atoms with van der Waals surface area (Å²) in [5.74, 6) is 0.191. The van der Waals surface area contributed by atoms with Crippen LogP contribution in [0.2, 0.25) is 0 Å². The number of amides is 1. The number of nitrogens with one attached hydrogen (secondary N) is 2. The van der Waals surface area contributed by atoms with Crippen LogP contribution in [0.3, 0.4) is 0 Å². The largest absolute Gasteiger partial charge is 0.322 e. The van der Waals surface area contributed by atoms with Crippen molar-refractivity contribution in [1.82, 2.24) is 0 Å². The van der Waals surface area contributed by atoms with Gasteiger partial charge in [0.25, 0.3) is 5.91 Å². The standard InChI is InChI=1S/C20H26N2O3S/c1-14(2)15-6-10-17(11-7-15)21-19(23)16-8-12-18(13-9-16)22-26(24,25)20(3,4)5/h6-14,22H,1-5H3,(H,21,23). The van der Waals surface area contributed by atoms with Crippen LogP contribution < -0.4 is 10.0 Å².